The molecule has 0 spiro atoms. The van der Waals surface area contributed by atoms with Crippen LogP contribution in [0.4, 0.5) is 0 Å². The standard InChI is InChI=1S/C11H8N2S/c1-7-5-12-6-9-10(7)8-3-2-4-13-11(8)14-9/h2-6H,1H3. The summed E-state index contributed by atoms with van der Waals surface area (Å²) in [7, 11) is 0. The summed E-state index contributed by atoms with van der Waals surface area (Å²) in [6.07, 6.45) is 5.65. The molecule has 3 heterocycles. The number of fused-ring (bicyclic) bond motifs is 3. The van der Waals surface area contributed by atoms with E-state index >= 15 is 0 Å². The molecular formula is C11H8N2S. The Morgan fingerprint density at radius 1 is 1.29 bits per heavy atom. The van der Waals surface area contributed by atoms with E-state index in [0.29, 0.717) is 0 Å². The first kappa shape index (κ1) is 7.88. The van der Waals surface area contributed by atoms with Crippen LogP contribution in [0.2, 0.25) is 0 Å². The molecule has 3 heteroatoms. The van der Waals surface area contributed by atoms with Gasteiger partial charge in [0.05, 0.1) is 4.70 Å². The summed E-state index contributed by atoms with van der Waals surface area (Å²) in [5, 5.41) is 2.54. The van der Waals surface area contributed by atoms with Gasteiger partial charge in [-0.15, -0.1) is 11.3 Å². The lowest BCUT2D eigenvalue weighted by atomic mass is 10.1. The highest BCUT2D eigenvalue weighted by atomic mass is 32.1. The maximum Gasteiger partial charge on any atom is 0.124 e. The minimum absolute atomic E-state index is 1.10. The van der Waals surface area contributed by atoms with Crippen LogP contribution in [-0.4, -0.2) is 9.97 Å². The Hall–Kier alpha value is -1.48. The molecule has 0 unspecified atom stereocenters. The summed E-state index contributed by atoms with van der Waals surface area (Å²) in [5.74, 6) is 0. The van der Waals surface area contributed by atoms with Crippen LogP contribution in [0.1, 0.15) is 5.56 Å². The molecule has 0 saturated heterocycles. The van der Waals surface area contributed by atoms with Gasteiger partial charge in [-0.05, 0) is 24.6 Å². The van der Waals surface area contributed by atoms with Crippen LogP contribution in [0, 0.1) is 6.92 Å². The summed E-state index contributed by atoms with van der Waals surface area (Å²) in [6.45, 7) is 2.09. The molecule has 0 fully saturated rings. The number of thiophene rings is 1. The van der Waals surface area contributed by atoms with E-state index in [1.165, 1.54) is 21.0 Å². The molecule has 0 aliphatic heterocycles. The molecule has 0 atom stereocenters. The lowest BCUT2D eigenvalue weighted by molar-refractivity contribution is 1.32. The van der Waals surface area contributed by atoms with E-state index in [1.807, 2.05) is 24.7 Å². The zero-order valence-corrected chi connectivity index (χ0v) is 8.51. The quantitative estimate of drug-likeness (QED) is 0.557. The average Bonchev–Trinajstić information content (AvgIpc) is 2.57. The van der Waals surface area contributed by atoms with Crippen LogP contribution in [0.5, 0.6) is 0 Å². The Morgan fingerprint density at radius 2 is 2.21 bits per heavy atom. The zero-order chi connectivity index (χ0) is 9.54. The Morgan fingerprint density at radius 3 is 3.14 bits per heavy atom. The number of aromatic nitrogens is 2. The van der Waals surface area contributed by atoms with Crippen LogP contribution in [0.15, 0.2) is 30.7 Å². The van der Waals surface area contributed by atoms with E-state index in [0.717, 1.165) is 4.83 Å². The smallest absolute Gasteiger partial charge is 0.124 e. The van der Waals surface area contributed by atoms with E-state index in [4.69, 9.17) is 0 Å². The molecule has 0 aliphatic rings. The van der Waals surface area contributed by atoms with Crippen molar-refractivity contribution in [3.63, 3.8) is 0 Å². The predicted molar refractivity (Wildman–Crippen MR) is 59.7 cm³/mol. The fourth-order valence-electron chi connectivity index (χ4n) is 1.73. The molecule has 2 nitrogen and oxygen atoms in total. The fraction of sp³-hybridized carbons (Fsp3) is 0.0909. The van der Waals surface area contributed by atoms with Crippen LogP contribution in [0.25, 0.3) is 20.3 Å². The minimum atomic E-state index is 1.10. The average molecular weight is 200 g/mol. The Labute approximate surface area is 85.2 Å². The lowest BCUT2D eigenvalue weighted by Crippen LogP contribution is -1.76. The minimum Gasteiger partial charge on any atom is -0.263 e. The third kappa shape index (κ3) is 0.960. The Kier molecular flexibility index (Phi) is 1.55. The molecule has 68 valence electrons. The van der Waals surface area contributed by atoms with Crippen molar-refractivity contribution in [2.75, 3.05) is 0 Å². The molecule has 0 bridgehead atoms. The van der Waals surface area contributed by atoms with Crippen molar-refractivity contribution < 1.29 is 0 Å². The van der Waals surface area contributed by atoms with Gasteiger partial charge in [0.2, 0.25) is 0 Å². The van der Waals surface area contributed by atoms with Crippen molar-refractivity contribution in [3.05, 3.63) is 36.3 Å². The highest BCUT2D eigenvalue weighted by Gasteiger charge is 2.06. The van der Waals surface area contributed by atoms with E-state index in [2.05, 4.69) is 23.0 Å². The summed E-state index contributed by atoms with van der Waals surface area (Å²) in [4.78, 5) is 9.64. The monoisotopic (exact) mass is 200 g/mol. The van der Waals surface area contributed by atoms with Gasteiger partial charge in [-0.2, -0.15) is 0 Å². The second-order valence-electron chi connectivity index (χ2n) is 3.29. The molecule has 0 N–H and O–H groups in total. The van der Waals surface area contributed by atoms with Gasteiger partial charge in [-0.1, -0.05) is 0 Å². The second-order valence-corrected chi connectivity index (χ2v) is 4.32. The molecule has 3 aromatic heterocycles. The van der Waals surface area contributed by atoms with Gasteiger partial charge in [-0.3, -0.25) is 4.98 Å². The highest BCUT2D eigenvalue weighted by Crippen LogP contribution is 2.33. The van der Waals surface area contributed by atoms with Gasteiger partial charge < -0.3 is 0 Å². The SMILES string of the molecule is Cc1cncc2sc3ncccc3c12. The molecular weight excluding hydrogens is 192 g/mol. The van der Waals surface area contributed by atoms with E-state index < -0.39 is 0 Å². The van der Waals surface area contributed by atoms with Gasteiger partial charge in [0.25, 0.3) is 0 Å². The molecule has 0 saturated carbocycles. The number of aryl methyl sites for hydroxylation is 1. The third-order valence-corrected chi connectivity index (χ3v) is 3.40. The molecule has 0 radical (unpaired) electrons. The van der Waals surface area contributed by atoms with Crippen LogP contribution >= 0.6 is 11.3 Å². The summed E-state index contributed by atoms with van der Waals surface area (Å²) in [5.41, 5.74) is 1.22. The molecule has 3 aromatic rings. The second kappa shape index (κ2) is 2.75. The molecule has 0 amide bonds. The first-order chi connectivity index (χ1) is 6.86. The number of pyridine rings is 2. The van der Waals surface area contributed by atoms with E-state index in [1.54, 1.807) is 11.3 Å². The predicted octanol–water partition coefficient (Wildman–Crippen LogP) is 3.15. The molecule has 14 heavy (non-hydrogen) atoms. The maximum absolute atomic E-state index is 4.35. The first-order valence-electron chi connectivity index (χ1n) is 4.44. The van der Waals surface area contributed by atoms with E-state index in [9.17, 15) is 0 Å². The normalized spacial score (nSPS) is 11.2. The van der Waals surface area contributed by atoms with Crippen molar-refractivity contribution in [3.8, 4) is 0 Å². The van der Waals surface area contributed by atoms with Gasteiger partial charge >= 0.3 is 0 Å². The lowest BCUT2D eigenvalue weighted by Gasteiger charge is -1.94. The fourth-order valence-corrected chi connectivity index (χ4v) is 2.82. The van der Waals surface area contributed by atoms with Gasteiger partial charge in [0.15, 0.2) is 0 Å². The van der Waals surface area contributed by atoms with Gasteiger partial charge in [0.1, 0.15) is 4.83 Å². The van der Waals surface area contributed by atoms with Gasteiger partial charge in [0, 0.05) is 29.4 Å². The van der Waals surface area contributed by atoms with Crippen molar-refractivity contribution in [1.29, 1.82) is 0 Å². The molecule has 0 aliphatic carbocycles. The van der Waals surface area contributed by atoms with Crippen molar-refractivity contribution >= 4 is 31.6 Å². The number of hydrogen-bond donors (Lipinski definition) is 0. The topological polar surface area (TPSA) is 25.8 Å². The Bertz CT molecular complexity index is 613. The van der Waals surface area contributed by atoms with Gasteiger partial charge in [-0.25, -0.2) is 4.98 Å². The van der Waals surface area contributed by atoms with Crippen molar-refractivity contribution in [2.24, 2.45) is 0 Å². The number of nitrogens with zero attached hydrogens (tertiary/aromatic N) is 2. The largest absolute Gasteiger partial charge is 0.263 e. The third-order valence-electron chi connectivity index (χ3n) is 2.35. The maximum atomic E-state index is 4.35. The summed E-state index contributed by atoms with van der Waals surface area (Å²) in [6, 6.07) is 4.10. The van der Waals surface area contributed by atoms with E-state index in [-0.39, 0.29) is 0 Å². The number of hydrogen-bond acceptors (Lipinski definition) is 3. The zero-order valence-electron chi connectivity index (χ0n) is 7.69. The summed E-state index contributed by atoms with van der Waals surface area (Å²) >= 11 is 1.70. The van der Waals surface area contributed by atoms with Crippen molar-refractivity contribution in [1.82, 2.24) is 9.97 Å². The number of rotatable bonds is 0. The highest BCUT2D eigenvalue weighted by molar-refractivity contribution is 7.25. The summed E-state index contributed by atoms with van der Waals surface area (Å²) < 4.78 is 1.22. The van der Waals surface area contributed by atoms with Crippen molar-refractivity contribution in [2.45, 2.75) is 6.92 Å². The van der Waals surface area contributed by atoms with Crippen LogP contribution < -0.4 is 0 Å². The van der Waals surface area contributed by atoms with Crippen LogP contribution in [-0.2, 0) is 0 Å². The molecule has 3 rings (SSSR count). The Balaban J connectivity index is 2.65. The van der Waals surface area contributed by atoms with Crippen LogP contribution in [0.3, 0.4) is 0 Å². The molecule has 0 aromatic carbocycles. The first-order valence-corrected chi connectivity index (χ1v) is 5.26.